The van der Waals surface area contributed by atoms with Gasteiger partial charge in [-0.05, 0) is 50.5 Å². The average molecular weight is 294 g/mol. The minimum Gasteiger partial charge on any atom is -0.341 e. The van der Waals surface area contributed by atoms with Crippen LogP contribution in [-0.4, -0.2) is 37.0 Å². The summed E-state index contributed by atoms with van der Waals surface area (Å²) in [4.78, 5) is 14.6. The SMILES string of the molecule is CNC(CN1CCC(C(C)C)CCC1=O)C1CCCCC1. The lowest BCUT2D eigenvalue weighted by Gasteiger charge is -2.34. The van der Waals surface area contributed by atoms with E-state index in [1.54, 1.807) is 0 Å². The lowest BCUT2D eigenvalue weighted by Crippen LogP contribution is -2.46. The summed E-state index contributed by atoms with van der Waals surface area (Å²) in [5, 5.41) is 3.50. The molecule has 2 aliphatic rings. The van der Waals surface area contributed by atoms with Crippen LogP contribution in [0.4, 0.5) is 0 Å². The van der Waals surface area contributed by atoms with Gasteiger partial charge in [0, 0.05) is 25.6 Å². The van der Waals surface area contributed by atoms with Crippen molar-refractivity contribution in [1.82, 2.24) is 10.2 Å². The van der Waals surface area contributed by atoms with E-state index in [9.17, 15) is 4.79 Å². The summed E-state index contributed by atoms with van der Waals surface area (Å²) in [5.74, 6) is 2.58. The molecule has 1 aliphatic carbocycles. The molecule has 2 rings (SSSR count). The average Bonchev–Trinajstić information content (AvgIpc) is 2.68. The maximum absolute atomic E-state index is 12.4. The predicted octanol–water partition coefficient (Wildman–Crippen LogP) is 3.44. The largest absolute Gasteiger partial charge is 0.341 e. The molecule has 1 aliphatic heterocycles. The Morgan fingerprint density at radius 3 is 2.43 bits per heavy atom. The standard InChI is InChI=1S/C18H34N2O/c1-14(2)15-9-10-18(21)20(12-11-15)13-17(19-3)16-7-5-4-6-8-16/h14-17,19H,4-13H2,1-3H3. The summed E-state index contributed by atoms with van der Waals surface area (Å²) in [6, 6.07) is 0.491. The van der Waals surface area contributed by atoms with Crippen LogP contribution in [0.25, 0.3) is 0 Å². The molecule has 0 spiro atoms. The van der Waals surface area contributed by atoms with E-state index in [0.717, 1.165) is 37.8 Å². The number of likely N-dealkylation sites (N-methyl/N-ethyl adjacent to an activating group) is 1. The molecule has 0 bridgehead atoms. The quantitative estimate of drug-likeness (QED) is 0.842. The number of hydrogen-bond acceptors (Lipinski definition) is 2. The lowest BCUT2D eigenvalue weighted by atomic mass is 9.83. The maximum atomic E-state index is 12.4. The van der Waals surface area contributed by atoms with Crippen molar-refractivity contribution in [3.8, 4) is 0 Å². The summed E-state index contributed by atoms with van der Waals surface area (Å²) < 4.78 is 0. The van der Waals surface area contributed by atoms with Gasteiger partial charge in [0.25, 0.3) is 0 Å². The summed E-state index contributed by atoms with van der Waals surface area (Å²) in [6.45, 7) is 6.48. The Morgan fingerprint density at radius 2 is 1.81 bits per heavy atom. The van der Waals surface area contributed by atoms with Crippen LogP contribution < -0.4 is 5.32 Å². The molecule has 21 heavy (non-hydrogen) atoms. The van der Waals surface area contributed by atoms with Crippen LogP contribution in [0, 0.1) is 17.8 Å². The van der Waals surface area contributed by atoms with Gasteiger partial charge >= 0.3 is 0 Å². The molecule has 2 atom stereocenters. The Labute approximate surface area is 130 Å². The first-order chi connectivity index (χ1) is 10.1. The molecule has 1 saturated heterocycles. The topological polar surface area (TPSA) is 32.3 Å². The summed E-state index contributed by atoms with van der Waals surface area (Å²) in [6.07, 6.45) is 9.82. The molecule has 0 radical (unpaired) electrons. The highest BCUT2D eigenvalue weighted by molar-refractivity contribution is 5.76. The summed E-state index contributed by atoms with van der Waals surface area (Å²) in [7, 11) is 2.07. The van der Waals surface area contributed by atoms with E-state index < -0.39 is 0 Å². The van der Waals surface area contributed by atoms with Gasteiger partial charge in [-0.25, -0.2) is 0 Å². The van der Waals surface area contributed by atoms with E-state index in [1.165, 1.54) is 38.5 Å². The fraction of sp³-hybridized carbons (Fsp3) is 0.944. The normalized spacial score (nSPS) is 27.0. The molecule has 0 aromatic rings. The third-order valence-electron chi connectivity index (χ3n) is 5.80. The molecule has 0 aromatic heterocycles. The minimum absolute atomic E-state index is 0.384. The van der Waals surface area contributed by atoms with Crippen LogP contribution in [-0.2, 0) is 4.79 Å². The molecule has 122 valence electrons. The maximum Gasteiger partial charge on any atom is 0.222 e. The highest BCUT2D eigenvalue weighted by Crippen LogP contribution is 2.29. The number of hydrogen-bond donors (Lipinski definition) is 1. The Bertz CT molecular complexity index is 323. The van der Waals surface area contributed by atoms with Gasteiger partial charge in [-0.2, -0.15) is 0 Å². The van der Waals surface area contributed by atoms with Gasteiger partial charge in [-0.1, -0.05) is 33.1 Å². The molecule has 1 N–H and O–H groups in total. The van der Waals surface area contributed by atoms with Crippen LogP contribution in [0.1, 0.15) is 65.2 Å². The molecule has 1 amide bonds. The minimum atomic E-state index is 0.384. The zero-order valence-corrected chi connectivity index (χ0v) is 14.2. The van der Waals surface area contributed by atoms with Crippen LogP contribution >= 0.6 is 0 Å². The van der Waals surface area contributed by atoms with Crippen molar-refractivity contribution in [1.29, 1.82) is 0 Å². The van der Waals surface area contributed by atoms with E-state index in [0.29, 0.717) is 17.9 Å². The second-order valence-electron chi connectivity index (χ2n) is 7.46. The highest BCUT2D eigenvalue weighted by Gasteiger charge is 2.29. The van der Waals surface area contributed by atoms with Crippen molar-refractivity contribution in [2.45, 2.75) is 71.3 Å². The lowest BCUT2D eigenvalue weighted by molar-refractivity contribution is -0.131. The molecule has 2 fully saturated rings. The van der Waals surface area contributed by atoms with Gasteiger partial charge in [-0.3, -0.25) is 4.79 Å². The zero-order chi connectivity index (χ0) is 15.2. The smallest absolute Gasteiger partial charge is 0.222 e. The molecule has 2 unspecified atom stereocenters. The monoisotopic (exact) mass is 294 g/mol. The number of likely N-dealkylation sites (tertiary alicyclic amines) is 1. The van der Waals surface area contributed by atoms with Crippen LogP contribution in [0.5, 0.6) is 0 Å². The first-order valence-corrected chi connectivity index (χ1v) is 9.07. The molecular weight excluding hydrogens is 260 g/mol. The Hall–Kier alpha value is -0.570. The molecule has 1 heterocycles. The van der Waals surface area contributed by atoms with Crippen LogP contribution in [0.3, 0.4) is 0 Å². The van der Waals surface area contributed by atoms with E-state index in [1.807, 2.05) is 0 Å². The Balaban J connectivity index is 1.91. The van der Waals surface area contributed by atoms with Crippen molar-refractivity contribution in [2.24, 2.45) is 17.8 Å². The molecular formula is C18H34N2O. The van der Waals surface area contributed by atoms with Crippen LogP contribution in [0.2, 0.25) is 0 Å². The van der Waals surface area contributed by atoms with E-state index in [2.05, 4.69) is 31.1 Å². The van der Waals surface area contributed by atoms with Gasteiger partial charge in [-0.15, -0.1) is 0 Å². The van der Waals surface area contributed by atoms with Gasteiger partial charge in [0.05, 0.1) is 0 Å². The number of amides is 1. The fourth-order valence-electron chi connectivity index (χ4n) is 4.17. The molecule has 1 saturated carbocycles. The number of nitrogens with zero attached hydrogens (tertiary/aromatic N) is 1. The number of carbonyl (C=O) groups is 1. The van der Waals surface area contributed by atoms with E-state index >= 15 is 0 Å². The fourth-order valence-corrected chi connectivity index (χ4v) is 4.17. The van der Waals surface area contributed by atoms with E-state index in [-0.39, 0.29) is 0 Å². The number of nitrogens with one attached hydrogen (secondary N) is 1. The predicted molar refractivity (Wildman–Crippen MR) is 88.2 cm³/mol. The van der Waals surface area contributed by atoms with Crippen molar-refractivity contribution in [3.63, 3.8) is 0 Å². The second kappa shape index (κ2) is 8.17. The van der Waals surface area contributed by atoms with Crippen molar-refractivity contribution in [3.05, 3.63) is 0 Å². The van der Waals surface area contributed by atoms with Gasteiger partial charge < -0.3 is 10.2 Å². The molecule has 3 heteroatoms. The zero-order valence-electron chi connectivity index (χ0n) is 14.2. The second-order valence-corrected chi connectivity index (χ2v) is 7.46. The Morgan fingerprint density at radius 1 is 1.10 bits per heavy atom. The first kappa shape index (κ1) is 16.8. The molecule has 0 aromatic carbocycles. The molecule has 3 nitrogen and oxygen atoms in total. The Kier molecular flexibility index (Phi) is 6.53. The van der Waals surface area contributed by atoms with Crippen molar-refractivity contribution in [2.75, 3.05) is 20.1 Å². The van der Waals surface area contributed by atoms with Crippen molar-refractivity contribution < 1.29 is 4.79 Å². The third-order valence-corrected chi connectivity index (χ3v) is 5.80. The first-order valence-electron chi connectivity index (χ1n) is 9.07. The summed E-state index contributed by atoms with van der Waals surface area (Å²) >= 11 is 0. The van der Waals surface area contributed by atoms with E-state index in [4.69, 9.17) is 0 Å². The van der Waals surface area contributed by atoms with Gasteiger partial charge in [0.1, 0.15) is 0 Å². The highest BCUT2D eigenvalue weighted by atomic mass is 16.2. The van der Waals surface area contributed by atoms with Crippen LogP contribution in [0.15, 0.2) is 0 Å². The third kappa shape index (κ3) is 4.70. The number of carbonyl (C=O) groups excluding carboxylic acids is 1. The van der Waals surface area contributed by atoms with Gasteiger partial charge in [0.2, 0.25) is 5.91 Å². The van der Waals surface area contributed by atoms with Gasteiger partial charge in [0.15, 0.2) is 0 Å². The number of rotatable bonds is 5. The summed E-state index contributed by atoms with van der Waals surface area (Å²) in [5.41, 5.74) is 0. The van der Waals surface area contributed by atoms with Crippen molar-refractivity contribution >= 4 is 5.91 Å².